The van der Waals surface area contributed by atoms with Crippen LogP contribution in [0.15, 0.2) is 150 Å². The molecule has 0 saturated carbocycles. The average Bonchev–Trinajstić information content (AvgIpc) is 3.08. The third-order valence-corrected chi connectivity index (χ3v) is 7.94. The van der Waals surface area contributed by atoms with Gasteiger partial charge in [-0.3, -0.25) is 14.4 Å². The third-order valence-electron chi connectivity index (χ3n) is 6.69. The number of para-hydroxylation sites is 2. The fraction of sp³-hybridized carbons (Fsp3) is 0.0541. The van der Waals surface area contributed by atoms with Gasteiger partial charge < -0.3 is 20.7 Å². The lowest BCUT2D eigenvalue weighted by atomic mass is 10.1. The van der Waals surface area contributed by atoms with Gasteiger partial charge in [-0.1, -0.05) is 97.1 Å². The van der Waals surface area contributed by atoms with Crippen molar-refractivity contribution in [2.75, 3.05) is 17.7 Å². The van der Waals surface area contributed by atoms with Crippen molar-refractivity contribution in [3.8, 4) is 5.75 Å². The first-order chi connectivity index (χ1) is 22.0. The first-order valence-corrected chi connectivity index (χ1v) is 15.1. The van der Waals surface area contributed by atoms with Crippen LogP contribution in [0.4, 0.5) is 11.4 Å². The molecule has 5 aromatic rings. The summed E-state index contributed by atoms with van der Waals surface area (Å²) in [5, 5.41) is 8.06. The maximum Gasteiger partial charge on any atom is 0.272 e. The molecule has 3 N–H and O–H groups in total. The maximum atomic E-state index is 13.6. The number of benzene rings is 5. The first kappa shape index (κ1) is 30.8. The molecule has 3 amide bonds. The molecule has 0 spiro atoms. The van der Waals surface area contributed by atoms with Crippen molar-refractivity contribution in [3.63, 3.8) is 0 Å². The Hall–Kier alpha value is -5.60. The van der Waals surface area contributed by atoms with E-state index in [9.17, 15) is 14.4 Å². The number of carbonyl (C=O) groups is 3. The lowest BCUT2D eigenvalue weighted by Crippen LogP contribution is -2.30. The van der Waals surface area contributed by atoms with Crippen molar-refractivity contribution >= 4 is 46.9 Å². The molecule has 5 rings (SSSR count). The van der Waals surface area contributed by atoms with Crippen LogP contribution in [0.3, 0.4) is 0 Å². The Morgan fingerprint density at radius 2 is 1.36 bits per heavy atom. The van der Waals surface area contributed by atoms with Crippen LogP contribution in [0.5, 0.6) is 5.75 Å². The van der Waals surface area contributed by atoms with E-state index in [2.05, 4.69) is 16.0 Å². The summed E-state index contributed by atoms with van der Waals surface area (Å²) in [4.78, 5) is 40.9. The first-order valence-electron chi connectivity index (χ1n) is 14.2. The zero-order chi connectivity index (χ0) is 31.4. The van der Waals surface area contributed by atoms with Crippen molar-refractivity contribution < 1.29 is 19.1 Å². The van der Waals surface area contributed by atoms with E-state index in [1.165, 1.54) is 11.8 Å². The van der Waals surface area contributed by atoms with Gasteiger partial charge in [0.25, 0.3) is 11.8 Å². The van der Waals surface area contributed by atoms with Crippen LogP contribution in [0.2, 0.25) is 0 Å². The molecule has 5 aromatic carbocycles. The van der Waals surface area contributed by atoms with Gasteiger partial charge in [-0.05, 0) is 59.7 Å². The fourth-order valence-corrected chi connectivity index (χ4v) is 5.57. The summed E-state index contributed by atoms with van der Waals surface area (Å²) < 4.78 is 5.42. The summed E-state index contributed by atoms with van der Waals surface area (Å²) in [6.45, 7) is 0. The zero-order valence-electron chi connectivity index (χ0n) is 24.5. The summed E-state index contributed by atoms with van der Waals surface area (Å²) in [6, 6.07) is 42.0. The van der Waals surface area contributed by atoms with Gasteiger partial charge in [0.15, 0.2) is 0 Å². The standard InChI is InChI=1S/C37H31N3O4S/c1-44-33-23-12-11-22-31(33)39-37(43)34(27-16-7-3-8-17-27)45-30-21-13-20-29(25-30)38-36(42)32(24-26-14-5-2-6-15-26)40-35(41)28-18-9-4-10-19-28/h2-25,34H,1H3,(H,38,42)(H,39,43)(H,40,41)/b32-24-. The van der Waals surface area contributed by atoms with E-state index in [1.807, 2.05) is 84.9 Å². The molecule has 0 bridgehead atoms. The molecule has 1 atom stereocenters. The van der Waals surface area contributed by atoms with Crippen LogP contribution < -0.4 is 20.7 Å². The quantitative estimate of drug-likeness (QED) is 0.105. The predicted octanol–water partition coefficient (Wildman–Crippen LogP) is 7.58. The highest BCUT2D eigenvalue weighted by Crippen LogP contribution is 2.38. The molecule has 45 heavy (non-hydrogen) atoms. The van der Waals surface area contributed by atoms with E-state index in [0.717, 1.165) is 16.0 Å². The number of hydrogen-bond acceptors (Lipinski definition) is 5. The lowest BCUT2D eigenvalue weighted by Gasteiger charge is -2.19. The number of hydrogen-bond donors (Lipinski definition) is 3. The summed E-state index contributed by atoms with van der Waals surface area (Å²) >= 11 is 1.35. The van der Waals surface area contributed by atoms with Crippen LogP contribution in [-0.2, 0) is 9.59 Å². The molecule has 0 radical (unpaired) electrons. The van der Waals surface area contributed by atoms with Gasteiger partial charge in [-0.2, -0.15) is 0 Å². The second-order valence-corrected chi connectivity index (χ2v) is 11.0. The number of ether oxygens (including phenoxy) is 1. The van der Waals surface area contributed by atoms with E-state index < -0.39 is 17.1 Å². The Labute approximate surface area is 266 Å². The molecule has 0 aliphatic heterocycles. The van der Waals surface area contributed by atoms with E-state index in [4.69, 9.17) is 4.74 Å². The molecule has 0 aliphatic rings. The smallest absolute Gasteiger partial charge is 0.272 e. The number of rotatable bonds is 11. The van der Waals surface area contributed by atoms with Gasteiger partial charge in [0, 0.05) is 16.1 Å². The summed E-state index contributed by atoms with van der Waals surface area (Å²) in [5.74, 6) is -0.546. The minimum Gasteiger partial charge on any atom is -0.495 e. The highest BCUT2D eigenvalue weighted by Gasteiger charge is 2.23. The minimum atomic E-state index is -0.597. The van der Waals surface area contributed by atoms with Crippen LogP contribution in [0.25, 0.3) is 6.08 Å². The molecule has 0 fully saturated rings. The van der Waals surface area contributed by atoms with Crippen LogP contribution in [-0.4, -0.2) is 24.8 Å². The van der Waals surface area contributed by atoms with E-state index in [0.29, 0.717) is 22.7 Å². The van der Waals surface area contributed by atoms with Gasteiger partial charge in [0.05, 0.1) is 12.8 Å². The molecular formula is C37H31N3O4S. The molecular weight excluding hydrogens is 582 g/mol. The van der Waals surface area contributed by atoms with Crippen molar-refractivity contribution in [1.82, 2.24) is 5.32 Å². The van der Waals surface area contributed by atoms with Gasteiger partial charge in [0.1, 0.15) is 16.7 Å². The van der Waals surface area contributed by atoms with Crippen LogP contribution >= 0.6 is 11.8 Å². The second kappa shape index (κ2) is 15.2. The number of nitrogens with one attached hydrogen (secondary N) is 3. The second-order valence-electron chi connectivity index (χ2n) is 9.87. The Morgan fingerprint density at radius 3 is 2.07 bits per heavy atom. The normalized spacial score (nSPS) is 11.6. The maximum absolute atomic E-state index is 13.6. The van der Waals surface area contributed by atoms with Gasteiger partial charge in [-0.25, -0.2) is 0 Å². The zero-order valence-corrected chi connectivity index (χ0v) is 25.3. The molecule has 0 saturated heterocycles. The van der Waals surface area contributed by atoms with Crippen molar-refractivity contribution in [2.45, 2.75) is 10.1 Å². The molecule has 0 aliphatic carbocycles. The molecule has 7 nitrogen and oxygen atoms in total. The van der Waals surface area contributed by atoms with Gasteiger partial charge in [0.2, 0.25) is 5.91 Å². The number of carbonyl (C=O) groups excluding carboxylic acids is 3. The van der Waals surface area contributed by atoms with E-state index in [1.54, 1.807) is 67.8 Å². The summed E-state index contributed by atoms with van der Waals surface area (Å²) in [6.07, 6.45) is 1.63. The van der Waals surface area contributed by atoms with E-state index >= 15 is 0 Å². The van der Waals surface area contributed by atoms with Gasteiger partial charge >= 0.3 is 0 Å². The highest BCUT2D eigenvalue weighted by atomic mass is 32.2. The minimum absolute atomic E-state index is 0.0893. The Balaban J connectivity index is 1.37. The van der Waals surface area contributed by atoms with Crippen molar-refractivity contribution in [3.05, 3.63) is 162 Å². The largest absolute Gasteiger partial charge is 0.495 e. The highest BCUT2D eigenvalue weighted by molar-refractivity contribution is 8.00. The van der Waals surface area contributed by atoms with Crippen molar-refractivity contribution in [1.29, 1.82) is 0 Å². The van der Waals surface area contributed by atoms with Crippen LogP contribution in [0, 0.1) is 0 Å². The third kappa shape index (κ3) is 8.49. The van der Waals surface area contributed by atoms with E-state index in [-0.39, 0.29) is 11.6 Å². The molecule has 1 unspecified atom stereocenters. The summed E-state index contributed by atoms with van der Waals surface area (Å²) in [5.41, 5.74) is 3.18. The molecule has 0 aromatic heterocycles. The Kier molecular flexibility index (Phi) is 10.4. The number of thioether (sulfide) groups is 1. The predicted molar refractivity (Wildman–Crippen MR) is 180 cm³/mol. The summed E-state index contributed by atoms with van der Waals surface area (Å²) in [7, 11) is 1.56. The fourth-order valence-electron chi connectivity index (χ4n) is 4.49. The number of amides is 3. The average molecular weight is 614 g/mol. The van der Waals surface area contributed by atoms with Crippen LogP contribution in [0.1, 0.15) is 26.7 Å². The Bertz CT molecular complexity index is 1800. The number of methoxy groups -OCH3 is 1. The molecule has 224 valence electrons. The lowest BCUT2D eigenvalue weighted by molar-refractivity contribution is -0.116. The monoisotopic (exact) mass is 613 g/mol. The van der Waals surface area contributed by atoms with Crippen molar-refractivity contribution in [2.24, 2.45) is 0 Å². The molecule has 0 heterocycles. The van der Waals surface area contributed by atoms with Gasteiger partial charge in [-0.15, -0.1) is 11.8 Å². The number of anilines is 2. The Morgan fingerprint density at radius 1 is 0.711 bits per heavy atom. The topological polar surface area (TPSA) is 96.5 Å². The SMILES string of the molecule is COc1ccccc1NC(=O)C(Sc1cccc(NC(=O)/C(=C/c2ccccc2)NC(=O)c2ccccc2)c1)c1ccccc1. The molecule has 8 heteroatoms.